The van der Waals surface area contributed by atoms with E-state index in [0.29, 0.717) is 0 Å². The Hall–Kier alpha value is -1.85. The van der Waals surface area contributed by atoms with Crippen LogP contribution in [0, 0.1) is 0 Å². The van der Waals surface area contributed by atoms with Gasteiger partial charge in [-0.3, -0.25) is 4.90 Å². The lowest BCUT2D eigenvalue weighted by molar-refractivity contribution is 0.202. The fraction of sp³-hybridized carbons (Fsp3) is 0.333. The molecule has 0 saturated heterocycles. The molecule has 1 aliphatic heterocycles. The molecule has 108 valence electrons. The summed E-state index contributed by atoms with van der Waals surface area (Å²) in [7, 11) is 2.06. The largest absolute Gasteiger partial charge is 0.333 e. The van der Waals surface area contributed by atoms with Crippen LogP contribution in [0.15, 0.2) is 30.6 Å². The molecule has 0 unspecified atom stereocenters. The molecule has 1 aromatic carbocycles. The molecule has 0 amide bonds. The first-order valence-corrected chi connectivity index (χ1v) is 7.42. The highest BCUT2D eigenvalue weighted by atomic mass is 35.5. The van der Waals surface area contributed by atoms with Crippen molar-refractivity contribution in [2.45, 2.75) is 19.6 Å². The highest BCUT2D eigenvalue weighted by Gasteiger charge is 2.19. The Morgan fingerprint density at radius 1 is 1.29 bits per heavy atom. The lowest BCUT2D eigenvalue weighted by Crippen LogP contribution is -2.33. The van der Waals surface area contributed by atoms with Crippen molar-refractivity contribution in [1.29, 1.82) is 0 Å². The topological polar surface area (TPSA) is 38.9 Å². The molecule has 2 aromatic heterocycles. The molecule has 21 heavy (non-hydrogen) atoms. The van der Waals surface area contributed by atoms with E-state index in [1.165, 1.54) is 0 Å². The number of nitrogens with zero attached hydrogens (tertiary/aromatic N) is 5. The molecule has 1 aliphatic rings. The molecule has 0 radical (unpaired) electrons. The Balaban J connectivity index is 1.62. The minimum Gasteiger partial charge on any atom is -0.333 e. The van der Waals surface area contributed by atoms with E-state index in [-0.39, 0.29) is 0 Å². The number of hydrogen-bond acceptors (Lipinski definition) is 3. The molecule has 0 N–H and O–H groups in total. The van der Waals surface area contributed by atoms with Crippen LogP contribution in [0.2, 0.25) is 5.02 Å². The SMILES string of the molecule is Cn1c(CN2CCn3ccnc3C2)nc2cc(Cl)ccc21. The summed E-state index contributed by atoms with van der Waals surface area (Å²) >= 11 is 6.05. The molecule has 0 atom stereocenters. The number of halogens is 1. The van der Waals surface area contributed by atoms with Crippen LogP contribution in [-0.2, 0) is 26.7 Å². The Bertz CT molecular complexity index is 804. The lowest BCUT2D eigenvalue weighted by Gasteiger charge is -2.27. The Kier molecular flexibility index (Phi) is 2.97. The number of benzene rings is 1. The zero-order valence-electron chi connectivity index (χ0n) is 11.8. The van der Waals surface area contributed by atoms with Gasteiger partial charge < -0.3 is 9.13 Å². The van der Waals surface area contributed by atoms with E-state index < -0.39 is 0 Å². The van der Waals surface area contributed by atoms with Crippen LogP contribution in [0.4, 0.5) is 0 Å². The number of hydrogen-bond donors (Lipinski definition) is 0. The number of rotatable bonds is 2. The van der Waals surface area contributed by atoms with Crippen molar-refractivity contribution in [2.24, 2.45) is 7.05 Å². The molecular weight excluding hydrogens is 286 g/mol. The molecule has 0 aliphatic carbocycles. The first-order chi connectivity index (χ1) is 10.2. The average Bonchev–Trinajstić information content (AvgIpc) is 3.04. The van der Waals surface area contributed by atoms with Crippen molar-refractivity contribution in [3.8, 4) is 0 Å². The van der Waals surface area contributed by atoms with Crippen molar-refractivity contribution in [2.75, 3.05) is 6.54 Å². The third-order valence-corrected chi connectivity index (χ3v) is 4.36. The number of imidazole rings is 2. The summed E-state index contributed by atoms with van der Waals surface area (Å²) in [6.45, 7) is 3.71. The predicted molar refractivity (Wildman–Crippen MR) is 82.1 cm³/mol. The maximum absolute atomic E-state index is 6.05. The molecule has 6 heteroatoms. The third-order valence-electron chi connectivity index (χ3n) is 4.12. The van der Waals surface area contributed by atoms with Gasteiger partial charge in [-0.2, -0.15) is 0 Å². The highest BCUT2D eigenvalue weighted by molar-refractivity contribution is 6.31. The van der Waals surface area contributed by atoms with Gasteiger partial charge in [0.2, 0.25) is 0 Å². The summed E-state index contributed by atoms with van der Waals surface area (Å²) in [5.41, 5.74) is 2.08. The van der Waals surface area contributed by atoms with Gasteiger partial charge in [-0.15, -0.1) is 0 Å². The van der Waals surface area contributed by atoms with Crippen LogP contribution < -0.4 is 0 Å². The van der Waals surface area contributed by atoms with E-state index in [1.54, 1.807) is 0 Å². The third kappa shape index (κ3) is 2.22. The average molecular weight is 302 g/mol. The van der Waals surface area contributed by atoms with Crippen LogP contribution in [0.25, 0.3) is 11.0 Å². The highest BCUT2D eigenvalue weighted by Crippen LogP contribution is 2.21. The van der Waals surface area contributed by atoms with Gasteiger partial charge in [0, 0.05) is 37.6 Å². The van der Waals surface area contributed by atoms with Crippen LogP contribution in [0.1, 0.15) is 11.6 Å². The van der Waals surface area contributed by atoms with Crippen molar-refractivity contribution < 1.29 is 0 Å². The first kappa shape index (κ1) is 12.9. The second kappa shape index (κ2) is 4.86. The summed E-state index contributed by atoms with van der Waals surface area (Å²) < 4.78 is 4.36. The quantitative estimate of drug-likeness (QED) is 0.730. The molecule has 4 rings (SSSR count). The van der Waals surface area contributed by atoms with Crippen LogP contribution in [0.5, 0.6) is 0 Å². The maximum atomic E-state index is 6.05. The van der Waals surface area contributed by atoms with Crippen LogP contribution in [0.3, 0.4) is 0 Å². The second-order valence-corrected chi connectivity index (χ2v) is 5.90. The summed E-state index contributed by atoms with van der Waals surface area (Å²) in [5.74, 6) is 2.19. The molecule has 0 bridgehead atoms. The van der Waals surface area contributed by atoms with Gasteiger partial charge >= 0.3 is 0 Å². The fourth-order valence-electron chi connectivity index (χ4n) is 2.92. The van der Waals surface area contributed by atoms with Crippen molar-refractivity contribution in [3.05, 3.63) is 47.3 Å². The standard InChI is InChI=1S/C15H16ClN5/c1-19-13-3-2-11(16)8-12(13)18-15(19)10-20-6-7-21-5-4-17-14(21)9-20/h2-5,8H,6-7,9-10H2,1H3. The van der Waals surface area contributed by atoms with E-state index in [9.17, 15) is 0 Å². The lowest BCUT2D eigenvalue weighted by atomic mass is 10.3. The minimum absolute atomic E-state index is 0.729. The Morgan fingerprint density at radius 3 is 3.10 bits per heavy atom. The summed E-state index contributed by atoms with van der Waals surface area (Å²) in [4.78, 5) is 11.5. The minimum atomic E-state index is 0.729. The smallest absolute Gasteiger partial charge is 0.123 e. The fourth-order valence-corrected chi connectivity index (χ4v) is 3.09. The van der Waals surface area contributed by atoms with Gasteiger partial charge in [0.25, 0.3) is 0 Å². The van der Waals surface area contributed by atoms with Gasteiger partial charge in [-0.1, -0.05) is 11.6 Å². The second-order valence-electron chi connectivity index (χ2n) is 5.47. The Morgan fingerprint density at radius 2 is 2.19 bits per heavy atom. The molecule has 0 fully saturated rings. The first-order valence-electron chi connectivity index (χ1n) is 7.04. The molecule has 0 spiro atoms. The van der Waals surface area contributed by atoms with Crippen molar-refractivity contribution >= 4 is 22.6 Å². The summed E-state index contributed by atoms with van der Waals surface area (Å²) in [6.07, 6.45) is 3.92. The van der Waals surface area contributed by atoms with Crippen molar-refractivity contribution in [3.63, 3.8) is 0 Å². The van der Waals surface area contributed by atoms with E-state index >= 15 is 0 Å². The van der Waals surface area contributed by atoms with E-state index in [1.807, 2.05) is 30.6 Å². The predicted octanol–water partition coefficient (Wildman–Crippen LogP) is 2.44. The summed E-state index contributed by atoms with van der Waals surface area (Å²) in [5, 5.41) is 0.729. The molecule has 0 saturated carbocycles. The number of fused-ring (bicyclic) bond motifs is 2. The van der Waals surface area contributed by atoms with E-state index in [2.05, 4.69) is 26.1 Å². The van der Waals surface area contributed by atoms with Gasteiger partial charge in [-0.05, 0) is 18.2 Å². The molecule has 5 nitrogen and oxygen atoms in total. The number of aromatic nitrogens is 4. The Labute approximate surface area is 127 Å². The molecular formula is C15H16ClN5. The van der Waals surface area contributed by atoms with E-state index in [0.717, 1.165) is 53.9 Å². The maximum Gasteiger partial charge on any atom is 0.123 e. The zero-order valence-corrected chi connectivity index (χ0v) is 12.6. The van der Waals surface area contributed by atoms with Gasteiger partial charge in [0.1, 0.15) is 11.6 Å². The normalized spacial score (nSPS) is 15.5. The summed E-state index contributed by atoms with van der Waals surface area (Å²) in [6, 6.07) is 5.85. The van der Waals surface area contributed by atoms with Gasteiger partial charge in [-0.25, -0.2) is 9.97 Å². The number of aryl methyl sites for hydroxylation is 1. The van der Waals surface area contributed by atoms with Crippen LogP contribution >= 0.6 is 11.6 Å². The monoisotopic (exact) mass is 301 g/mol. The molecule has 3 heterocycles. The van der Waals surface area contributed by atoms with Crippen molar-refractivity contribution in [1.82, 2.24) is 24.0 Å². The van der Waals surface area contributed by atoms with Gasteiger partial charge in [0.05, 0.1) is 24.1 Å². The van der Waals surface area contributed by atoms with E-state index in [4.69, 9.17) is 16.6 Å². The zero-order chi connectivity index (χ0) is 14.4. The molecule has 3 aromatic rings. The van der Waals surface area contributed by atoms with Gasteiger partial charge in [0.15, 0.2) is 0 Å². The van der Waals surface area contributed by atoms with Crippen LogP contribution in [-0.4, -0.2) is 30.5 Å².